The van der Waals surface area contributed by atoms with E-state index in [0.29, 0.717) is 12.1 Å². The molecule has 0 aromatic heterocycles. The van der Waals surface area contributed by atoms with Crippen molar-refractivity contribution in [2.24, 2.45) is 5.73 Å². The maximum atomic E-state index is 13.5. The second-order valence-corrected chi connectivity index (χ2v) is 6.04. The Morgan fingerprint density at radius 3 is 2.55 bits per heavy atom. The minimum absolute atomic E-state index is 0.242. The van der Waals surface area contributed by atoms with Crippen LogP contribution in [0.5, 0.6) is 5.75 Å². The number of ether oxygens (including phenoxy) is 1. The van der Waals surface area contributed by atoms with Gasteiger partial charge in [0, 0.05) is 22.8 Å². The lowest BCUT2D eigenvalue weighted by atomic mass is 10.3. The number of nitro benzene ring substituents is 1. The van der Waals surface area contributed by atoms with E-state index in [4.69, 9.17) is 21.2 Å². The molecule has 20 heavy (non-hydrogen) atoms. The Kier molecular flexibility index (Phi) is 4.84. The molecule has 0 saturated carbocycles. The molecule has 8 nitrogen and oxygen atoms in total. The summed E-state index contributed by atoms with van der Waals surface area (Å²) in [5, 5.41) is 10.8. The number of hydrogen-bond acceptors (Lipinski definition) is 6. The fourth-order valence-corrected chi connectivity index (χ4v) is 2.13. The van der Waals surface area contributed by atoms with Crippen LogP contribution in [-0.2, 0) is 13.8 Å². The minimum Gasteiger partial charge on any atom is -0.486 e. The van der Waals surface area contributed by atoms with E-state index in [9.17, 15) is 27.7 Å². The third-order valence-electron chi connectivity index (χ3n) is 2.08. The Balaban J connectivity index is 3.22. The monoisotopic (exact) mass is 326 g/mol. The third kappa shape index (κ3) is 4.03. The van der Waals surface area contributed by atoms with Crippen LogP contribution in [0.1, 0.15) is 6.42 Å². The van der Waals surface area contributed by atoms with Gasteiger partial charge in [-0.25, -0.2) is 12.8 Å². The van der Waals surface area contributed by atoms with Crippen LogP contribution in [0.25, 0.3) is 0 Å². The lowest BCUT2D eigenvalue weighted by molar-refractivity contribution is -0.386. The number of amides is 1. The van der Waals surface area contributed by atoms with E-state index >= 15 is 0 Å². The summed E-state index contributed by atoms with van der Waals surface area (Å²) in [6.07, 6.45) is -0.242. The van der Waals surface area contributed by atoms with Crippen molar-refractivity contribution in [2.75, 3.05) is 6.61 Å². The van der Waals surface area contributed by atoms with E-state index in [0.717, 1.165) is 0 Å². The number of halogens is 2. The molecule has 1 aromatic carbocycles. The van der Waals surface area contributed by atoms with Crippen LogP contribution in [0, 0.1) is 15.9 Å². The molecule has 11 heteroatoms. The highest BCUT2D eigenvalue weighted by Crippen LogP contribution is 2.33. The number of rotatable bonds is 6. The summed E-state index contributed by atoms with van der Waals surface area (Å²) < 4.78 is 40.4. The van der Waals surface area contributed by atoms with Crippen LogP contribution >= 0.6 is 10.7 Å². The van der Waals surface area contributed by atoms with E-state index in [-0.39, 0.29) is 13.0 Å². The SMILES string of the molecule is NC(=O)CCOc1cc(F)c(S(=O)(=O)Cl)cc1[N+](=O)[O-]. The number of nitrogens with two attached hydrogens (primary N) is 1. The van der Waals surface area contributed by atoms with E-state index in [2.05, 4.69) is 0 Å². The van der Waals surface area contributed by atoms with Crippen molar-refractivity contribution in [1.82, 2.24) is 0 Å². The van der Waals surface area contributed by atoms with Crippen molar-refractivity contribution >= 4 is 31.3 Å². The van der Waals surface area contributed by atoms with Crippen LogP contribution in [0.4, 0.5) is 10.1 Å². The van der Waals surface area contributed by atoms with Gasteiger partial charge in [-0.15, -0.1) is 0 Å². The number of benzene rings is 1. The molecule has 0 unspecified atom stereocenters. The second-order valence-electron chi connectivity index (χ2n) is 3.51. The van der Waals surface area contributed by atoms with Crippen LogP contribution in [0.3, 0.4) is 0 Å². The molecular weight excluding hydrogens is 319 g/mol. The molecule has 0 bridgehead atoms. The highest BCUT2D eigenvalue weighted by atomic mass is 35.7. The number of nitrogens with zero attached hydrogens (tertiary/aromatic N) is 1. The number of hydrogen-bond donors (Lipinski definition) is 1. The van der Waals surface area contributed by atoms with Crippen molar-refractivity contribution in [3.05, 3.63) is 28.1 Å². The number of nitro groups is 1. The molecular formula is C9H8ClFN2O6S. The first-order valence-corrected chi connectivity index (χ1v) is 7.27. The van der Waals surface area contributed by atoms with Crippen molar-refractivity contribution in [3.63, 3.8) is 0 Å². The number of primary amides is 1. The average Bonchev–Trinajstić information content (AvgIpc) is 2.26. The zero-order chi connectivity index (χ0) is 15.5. The summed E-state index contributed by atoms with van der Waals surface area (Å²) in [6, 6.07) is 0.950. The van der Waals surface area contributed by atoms with Crippen LogP contribution in [0.15, 0.2) is 17.0 Å². The van der Waals surface area contributed by atoms with Crippen LogP contribution in [0.2, 0.25) is 0 Å². The fourth-order valence-electron chi connectivity index (χ4n) is 1.23. The maximum Gasteiger partial charge on any atom is 0.312 e. The Morgan fingerprint density at radius 2 is 2.10 bits per heavy atom. The van der Waals surface area contributed by atoms with Gasteiger partial charge in [0.05, 0.1) is 18.0 Å². The first-order valence-electron chi connectivity index (χ1n) is 4.96. The van der Waals surface area contributed by atoms with Crippen LogP contribution in [-0.4, -0.2) is 25.9 Å². The zero-order valence-electron chi connectivity index (χ0n) is 9.71. The molecule has 0 radical (unpaired) electrons. The van der Waals surface area contributed by atoms with E-state index in [1.54, 1.807) is 0 Å². The average molecular weight is 327 g/mol. The predicted molar refractivity (Wildman–Crippen MR) is 65.4 cm³/mol. The maximum absolute atomic E-state index is 13.5. The van der Waals surface area contributed by atoms with Gasteiger partial charge in [-0.3, -0.25) is 14.9 Å². The molecule has 110 valence electrons. The molecule has 0 aliphatic carbocycles. The fraction of sp³-hybridized carbons (Fsp3) is 0.222. The van der Waals surface area contributed by atoms with E-state index < -0.39 is 42.0 Å². The second kappa shape index (κ2) is 6.01. The summed E-state index contributed by atoms with van der Waals surface area (Å²) in [5.41, 5.74) is 4.05. The van der Waals surface area contributed by atoms with Gasteiger partial charge in [0.1, 0.15) is 10.7 Å². The third-order valence-corrected chi connectivity index (χ3v) is 3.42. The Hall–Kier alpha value is -1.94. The Bertz CT molecular complexity index is 663. The van der Waals surface area contributed by atoms with Gasteiger partial charge in [-0.2, -0.15) is 0 Å². The molecule has 1 aromatic rings. The first kappa shape index (κ1) is 16.1. The molecule has 0 fully saturated rings. The highest BCUT2D eigenvalue weighted by molar-refractivity contribution is 8.13. The summed E-state index contributed by atoms with van der Waals surface area (Å²) in [4.78, 5) is 19.3. The molecule has 2 N–H and O–H groups in total. The van der Waals surface area contributed by atoms with Gasteiger partial charge >= 0.3 is 5.69 Å². The molecule has 0 saturated heterocycles. The zero-order valence-corrected chi connectivity index (χ0v) is 11.3. The molecule has 1 rings (SSSR count). The summed E-state index contributed by atoms with van der Waals surface area (Å²) in [6.45, 7) is -0.317. The highest BCUT2D eigenvalue weighted by Gasteiger charge is 2.25. The van der Waals surface area contributed by atoms with Gasteiger partial charge in [-0.05, 0) is 0 Å². The van der Waals surface area contributed by atoms with Crippen molar-refractivity contribution < 1.29 is 27.3 Å². The van der Waals surface area contributed by atoms with Gasteiger partial charge < -0.3 is 10.5 Å². The predicted octanol–water partition coefficient (Wildman–Crippen LogP) is 0.916. The van der Waals surface area contributed by atoms with Gasteiger partial charge in [0.15, 0.2) is 5.75 Å². The molecule has 1 amide bonds. The van der Waals surface area contributed by atoms with Gasteiger partial charge in [0.2, 0.25) is 5.91 Å². The normalized spacial score (nSPS) is 11.1. The Morgan fingerprint density at radius 1 is 1.50 bits per heavy atom. The summed E-state index contributed by atoms with van der Waals surface area (Å²) >= 11 is 0. The topological polar surface area (TPSA) is 130 Å². The van der Waals surface area contributed by atoms with E-state index in [1.165, 1.54) is 0 Å². The molecule has 0 aliphatic heterocycles. The lowest BCUT2D eigenvalue weighted by Crippen LogP contribution is -2.15. The molecule has 0 atom stereocenters. The Labute approximate surface area is 116 Å². The van der Waals surface area contributed by atoms with Crippen molar-refractivity contribution in [3.8, 4) is 5.75 Å². The standard InChI is InChI=1S/C9H8ClFN2O6S/c10-20(17,18)8-4-6(13(15)16)7(3-5(8)11)19-2-1-9(12)14/h3-4H,1-2H2,(H2,12,14). The molecule has 0 aliphatic rings. The lowest BCUT2D eigenvalue weighted by Gasteiger charge is -2.07. The number of carbonyl (C=O) groups excluding carboxylic acids is 1. The smallest absolute Gasteiger partial charge is 0.312 e. The van der Waals surface area contributed by atoms with Gasteiger partial charge in [-0.1, -0.05) is 0 Å². The van der Waals surface area contributed by atoms with Crippen LogP contribution < -0.4 is 10.5 Å². The van der Waals surface area contributed by atoms with Crippen molar-refractivity contribution in [1.29, 1.82) is 0 Å². The van der Waals surface area contributed by atoms with Gasteiger partial charge in [0.25, 0.3) is 9.05 Å². The minimum atomic E-state index is -4.48. The summed E-state index contributed by atoms with van der Waals surface area (Å²) in [5.74, 6) is -2.55. The molecule has 0 spiro atoms. The molecule has 0 heterocycles. The summed E-state index contributed by atoms with van der Waals surface area (Å²) in [7, 11) is 0.469. The quantitative estimate of drug-likeness (QED) is 0.470. The van der Waals surface area contributed by atoms with E-state index in [1.807, 2.05) is 0 Å². The van der Waals surface area contributed by atoms with Crippen molar-refractivity contribution in [2.45, 2.75) is 11.3 Å². The largest absolute Gasteiger partial charge is 0.486 e. The number of carbonyl (C=O) groups is 1. The first-order chi connectivity index (χ1) is 9.12.